The van der Waals surface area contributed by atoms with E-state index in [1.807, 2.05) is 0 Å². The first-order valence-electron chi connectivity index (χ1n) is 6.21. The minimum absolute atomic E-state index is 0.00963. The Morgan fingerprint density at radius 3 is 2.43 bits per heavy atom. The van der Waals surface area contributed by atoms with Crippen LogP contribution in [0, 0.1) is 0 Å². The first-order chi connectivity index (χ1) is 9.82. The number of amides is 1. The quantitative estimate of drug-likeness (QED) is 0.721. The standard InChI is InChI=1S/C13H16F4N2O2/c14-12(15)21-10-4-1-9(2-5-10)3-6-11(20)19-8-13(16,17)7-18/h1-2,4-5,12H,3,6-8,18H2,(H,19,20). The number of halogens is 4. The van der Waals surface area contributed by atoms with Crippen molar-refractivity contribution in [3.63, 3.8) is 0 Å². The van der Waals surface area contributed by atoms with E-state index in [4.69, 9.17) is 5.73 Å². The normalized spacial score (nSPS) is 11.5. The molecule has 0 saturated heterocycles. The fourth-order valence-electron chi connectivity index (χ4n) is 1.48. The number of ether oxygens (including phenoxy) is 1. The zero-order chi connectivity index (χ0) is 15.9. The molecule has 0 fully saturated rings. The van der Waals surface area contributed by atoms with Gasteiger partial charge in [-0.25, -0.2) is 8.78 Å². The third-order valence-electron chi connectivity index (χ3n) is 2.63. The maximum absolute atomic E-state index is 12.8. The van der Waals surface area contributed by atoms with Crippen molar-refractivity contribution in [1.82, 2.24) is 5.32 Å². The Balaban J connectivity index is 2.36. The van der Waals surface area contributed by atoms with Gasteiger partial charge in [0.15, 0.2) is 0 Å². The fraction of sp³-hybridized carbons (Fsp3) is 0.462. The Morgan fingerprint density at radius 1 is 1.29 bits per heavy atom. The molecule has 0 bridgehead atoms. The zero-order valence-corrected chi connectivity index (χ0v) is 11.1. The van der Waals surface area contributed by atoms with Gasteiger partial charge in [0.25, 0.3) is 5.92 Å². The van der Waals surface area contributed by atoms with E-state index in [9.17, 15) is 22.4 Å². The highest BCUT2D eigenvalue weighted by Gasteiger charge is 2.26. The van der Waals surface area contributed by atoms with Gasteiger partial charge in [-0.1, -0.05) is 12.1 Å². The number of carbonyl (C=O) groups is 1. The van der Waals surface area contributed by atoms with Crippen molar-refractivity contribution in [2.24, 2.45) is 5.73 Å². The van der Waals surface area contributed by atoms with Crippen LogP contribution in [0.4, 0.5) is 17.6 Å². The lowest BCUT2D eigenvalue weighted by molar-refractivity contribution is -0.122. The van der Waals surface area contributed by atoms with Crippen molar-refractivity contribution in [1.29, 1.82) is 0 Å². The number of rotatable bonds is 8. The van der Waals surface area contributed by atoms with Gasteiger partial charge in [-0.2, -0.15) is 8.78 Å². The zero-order valence-electron chi connectivity index (χ0n) is 11.1. The second-order valence-corrected chi connectivity index (χ2v) is 4.36. The maximum Gasteiger partial charge on any atom is 0.387 e. The van der Waals surface area contributed by atoms with Crippen molar-refractivity contribution in [3.8, 4) is 5.75 Å². The smallest absolute Gasteiger partial charge is 0.387 e. The molecule has 1 amide bonds. The van der Waals surface area contributed by atoms with Gasteiger partial charge in [0, 0.05) is 6.42 Å². The highest BCUT2D eigenvalue weighted by molar-refractivity contribution is 5.76. The summed E-state index contributed by atoms with van der Waals surface area (Å²) in [6.07, 6.45) is 0.310. The molecule has 0 aliphatic rings. The number of nitrogens with two attached hydrogens (primary N) is 1. The lowest BCUT2D eigenvalue weighted by Gasteiger charge is -2.14. The molecule has 0 radical (unpaired) electrons. The van der Waals surface area contributed by atoms with Crippen LogP contribution < -0.4 is 15.8 Å². The average molecular weight is 308 g/mol. The first kappa shape index (κ1) is 17.2. The van der Waals surface area contributed by atoms with Crippen molar-refractivity contribution in [2.45, 2.75) is 25.4 Å². The Hall–Kier alpha value is -1.83. The van der Waals surface area contributed by atoms with Gasteiger partial charge in [-0.05, 0) is 24.1 Å². The summed E-state index contributed by atoms with van der Waals surface area (Å²) in [6.45, 7) is -4.53. The van der Waals surface area contributed by atoms with E-state index in [-0.39, 0.29) is 12.2 Å². The second kappa shape index (κ2) is 7.82. The van der Waals surface area contributed by atoms with Crippen LogP contribution in [-0.2, 0) is 11.2 Å². The van der Waals surface area contributed by atoms with Gasteiger partial charge >= 0.3 is 6.61 Å². The summed E-state index contributed by atoms with van der Waals surface area (Å²) in [7, 11) is 0. The molecule has 1 aromatic rings. The molecule has 118 valence electrons. The molecule has 0 unspecified atom stereocenters. The van der Waals surface area contributed by atoms with Gasteiger partial charge in [0.05, 0.1) is 13.1 Å². The van der Waals surface area contributed by atoms with E-state index < -0.39 is 31.5 Å². The molecule has 0 atom stereocenters. The molecule has 0 aliphatic carbocycles. The molecular weight excluding hydrogens is 292 g/mol. The number of benzene rings is 1. The van der Waals surface area contributed by atoms with E-state index >= 15 is 0 Å². The molecule has 4 nitrogen and oxygen atoms in total. The molecule has 3 N–H and O–H groups in total. The summed E-state index contributed by atoms with van der Waals surface area (Å²) in [6, 6.07) is 5.75. The van der Waals surface area contributed by atoms with E-state index in [1.165, 1.54) is 24.3 Å². The van der Waals surface area contributed by atoms with E-state index in [0.717, 1.165) is 0 Å². The predicted octanol–water partition coefficient (Wildman–Crippen LogP) is 1.93. The van der Waals surface area contributed by atoms with Crippen LogP contribution in [0.25, 0.3) is 0 Å². The molecule has 21 heavy (non-hydrogen) atoms. The molecule has 8 heteroatoms. The third kappa shape index (κ3) is 6.94. The first-order valence-corrected chi connectivity index (χ1v) is 6.21. The van der Waals surface area contributed by atoms with E-state index in [2.05, 4.69) is 10.1 Å². The summed E-state index contributed by atoms with van der Waals surface area (Å²) in [5.74, 6) is -3.64. The minimum Gasteiger partial charge on any atom is -0.435 e. The predicted molar refractivity (Wildman–Crippen MR) is 68.4 cm³/mol. The number of nitrogens with one attached hydrogen (secondary N) is 1. The molecule has 1 aromatic carbocycles. The highest BCUT2D eigenvalue weighted by atomic mass is 19.3. The van der Waals surface area contributed by atoms with Crippen molar-refractivity contribution < 1.29 is 27.1 Å². The van der Waals surface area contributed by atoms with Crippen molar-refractivity contribution in [3.05, 3.63) is 29.8 Å². The van der Waals surface area contributed by atoms with Crippen LogP contribution in [0.3, 0.4) is 0 Å². The van der Waals surface area contributed by atoms with Crippen LogP contribution >= 0.6 is 0 Å². The molecule has 1 rings (SSSR count). The number of alkyl halides is 4. The Morgan fingerprint density at radius 2 is 1.90 bits per heavy atom. The second-order valence-electron chi connectivity index (χ2n) is 4.36. The van der Waals surface area contributed by atoms with Gasteiger partial charge < -0.3 is 15.8 Å². The van der Waals surface area contributed by atoms with Gasteiger partial charge in [-0.15, -0.1) is 0 Å². The van der Waals surface area contributed by atoms with Gasteiger partial charge in [0.1, 0.15) is 5.75 Å². The SMILES string of the molecule is NCC(F)(F)CNC(=O)CCc1ccc(OC(F)F)cc1. The van der Waals surface area contributed by atoms with Crippen molar-refractivity contribution in [2.75, 3.05) is 13.1 Å². The summed E-state index contributed by atoms with van der Waals surface area (Å²) in [5.41, 5.74) is 5.55. The van der Waals surface area contributed by atoms with E-state index in [0.29, 0.717) is 12.0 Å². The molecular formula is C13H16F4N2O2. The van der Waals surface area contributed by atoms with Gasteiger partial charge in [-0.3, -0.25) is 4.79 Å². The monoisotopic (exact) mass is 308 g/mol. The Labute approximate surface area is 119 Å². The van der Waals surface area contributed by atoms with Gasteiger partial charge in [0.2, 0.25) is 5.91 Å². The number of carbonyl (C=O) groups excluding carboxylic acids is 1. The van der Waals surface area contributed by atoms with Crippen LogP contribution in [0.2, 0.25) is 0 Å². The van der Waals surface area contributed by atoms with Crippen LogP contribution in [-0.4, -0.2) is 31.5 Å². The molecule has 0 aromatic heterocycles. The number of hydrogen-bond acceptors (Lipinski definition) is 3. The number of aryl methyl sites for hydroxylation is 1. The fourth-order valence-corrected chi connectivity index (χ4v) is 1.48. The summed E-state index contributed by atoms with van der Waals surface area (Å²) >= 11 is 0. The minimum atomic E-state index is -3.12. The lowest BCUT2D eigenvalue weighted by atomic mass is 10.1. The Bertz CT molecular complexity index is 452. The topological polar surface area (TPSA) is 64.3 Å². The van der Waals surface area contributed by atoms with Crippen LogP contribution in [0.15, 0.2) is 24.3 Å². The van der Waals surface area contributed by atoms with Crippen LogP contribution in [0.5, 0.6) is 5.75 Å². The molecule has 0 aliphatic heterocycles. The average Bonchev–Trinajstić information content (AvgIpc) is 2.44. The van der Waals surface area contributed by atoms with E-state index in [1.54, 1.807) is 0 Å². The van der Waals surface area contributed by atoms with Crippen LogP contribution in [0.1, 0.15) is 12.0 Å². The summed E-state index contributed by atoms with van der Waals surface area (Å²) < 4.78 is 53.7. The molecule has 0 spiro atoms. The largest absolute Gasteiger partial charge is 0.435 e. The molecule has 0 heterocycles. The summed E-state index contributed by atoms with van der Waals surface area (Å²) in [4.78, 5) is 11.4. The highest BCUT2D eigenvalue weighted by Crippen LogP contribution is 2.16. The third-order valence-corrected chi connectivity index (χ3v) is 2.63. The summed E-state index contributed by atoms with van der Waals surface area (Å²) in [5, 5.41) is 2.09. The maximum atomic E-state index is 12.8. The Kier molecular flexibility index (Phi) is 6.41. The molecule has 0 saturated carbocycles. The lowest BCUT2D eigenvalue weighted by Crippen LogP contribution is -2.41. The van der Waals surface area contributed by atoms with Crippen molar-refractivity contribution >= 4 is 5.91 Å². The number of hydrogen-bond donors (Lipinski definition) is 2.